The summed E-state index contributed by atoms with van der Waals surface area (Å²) in [6, 6.07) is 24.5. The summed E-state index contributed by atoms with van der Waals surface area (Å²) in [6.07, 6.45) is 5.87. The van der Waals surface area contributed by atoms with Crippen molar-refractivity contribution in [3.05, 3.63) is 97.0 Å². The van der Waals surface area contributed by atoms with Crippen molar-refractivity contribution in [1.82, 2.24) is 4.98 Å². The van der Waals surface area contributed by atoms with Crippen LogP contribution in [0.4, 0.5) is 0 Å². The molecule has 4 aromatic rings. The zero-order chi connectivity index (χ0) is 16.2. The minimum absolute atomic E-state index is 0.640. The molecule has 0 amide bonds. The fourth-order valence-electron chi connectivity index (χ4n) is 2.64. The number of nitrogens with zero attached hydrogens (tertiary/aromatic N) is 2. The van der Waals surface area contributed by atoms with Crippen LogP contribution in [-0.4, -0.2) is 4.98 Å². The maximum Gasteiger partial charge on any atom is 0.227 e. The Balaban J connectivity index is 1.54. The summed E-state index contributed by atoms with van der Waals surface area (Å²) in [6.45, 7) is 0.849. The van der Waals surface area contributed by atoms with Crippen LogP contribution in [-0.2, 0) is 6.54 Å². The summed E-state index contributed by atoms with van der Waals surface area (Å²) in [5.41, 5.74) is 3.28. The molecule has 0 bridgehead atoms. The van der Waals surface area contributed by atoms with Gasteiger partial charge in [-0.3, -0.25) is 0 Å². The first-order chi connectivity index (χ1) is 11.9. The maximum absolute atomic E-state index is 5.89. The fraction of sp³-hybridized carbons (Fsp3) is 0.0476. The van der Waals surface area contributed by atoms with Crippen molar-refractivity contribution in [3.63, 3.8) is 0 Å². The first kappa shape index (κ1) is 14.4. The van der Waals surface area contributed by atoms with Crippen LogP contribution < -0.4 is 4.57 Å². The lowest BCUT2D eigenvalue weighted by Gasteiger charge is -1.99. The Bertz CT molecular complexity index is 913. The highest BCUT2D eigenvalue weighted by molar-refractivity contribution is 5.60. The summed E-state index contributed by atoms with van der Waals surface area (Å²) < 4.78 is 8.03. The molecule has 0 aliphatic carbocycles. The minimum atomic E-state index is 0.640. The number of oxazole rings is 1. The molecule has 0 fully saturated rings. The molecule has 0 aliphatic rings. The van der Waals surface area contributed by atoms with Gasteiger partial charge in [0, 0.05) is 28.8 Å². The highest BCUT2D eigenvalue weighted by Crippen LogP contribution is 2.25. The number of pyridine rings is 1. The average Bonchev–Trinajstić information content (AvgIpc) is 3.14. The molecule has 3 nitrogen and oxygen atoms in total. The second-order valence-electron chi connectivity index (χ2n) is 5.64. The molecule has 3 heteroatoms. The lowest BCUT2D eigenvalue weighted by Crippen LogP contribution is -2.32. The smallest absolute Gasteiger partial charge is 0.227 e. The van der Waals surface area contributed by atoms with Crippen molar-refractivity contribution < 1.29 is 8.98 Å². The molecule has 0 unspecified atom stereocenters. The summed E-state index contributed by atoms with van der Waals surface area (Å²) in [5, 5.41) is 0. The first-order valence-corrected chi connectivity index (χ1v) is 7.93. The van der Waals surface area contributed by atoms with Crippen LogP contribution in [0.5, 0.6) is 0 Å². The molecule has 4 rings (SSSR count). The predicted molar refractivity (Wildman–Crippen MR) is 93.1 cm³/mol. The summed E-state index contributed by atoms with van der Waals surface area (Å²) in [5.74, 6) is 1.42. The van der Waals surface area contributed by atoms with Gasteiger partial charge >= 0.3 is 0 Å². The Morgan fingerprint density at radius 3 is 2.12 bits per heavy atom. The Kier molecular flexibility index (Phi) is 3.90. The first-order valence-electron chi connectivity index (χ1n) is 7.93. The summed E-state index contributed by atoms with van der Waals surface area (Å²) in [7, 11) is 0. The Hall–Kier alpha value is -3.20. The van der Waals surface area contributed by atoms with Crippen LogP contribution in [0.25, 0.3) is 22.8 Å². The third-order valence-electron chi connectivity index (χ3n) is 3.91. The van der Waals surface area contributed by atoms with Crippen LogP contribution in [0.2, 0.25) is 0 Å². The quantitative estimate of drug-likeness (QED) is 0.524. The summed E-state index contributed by atoms with van der Waals surface area (Å²) >= 11 is 0. The number of hydrogen-bond donors (Lipinski definition) is 0. The second-order valence-corrected chi connectivity index (χ2v) is 5.64. The van der Waals surface area contributed by atoms with Crippen molar-refractivity contribution in [1.29, 1.82) is 0 Å². The average molecular weight is 313 g/mol. The molecule has 24 heavy (non-hydrogen) atoms. The second kappa shape index (κ2) is 6.50. The van der Waals surface area contributed by atoms with Crippen molar-refractivity contribution in [3.8, 4) is 22.8 Å². The van der Waals surface area contributed by atoms with Crippen LogP contribution in [0.15, 0.2) is 95.8 Å². The van der Waals surface area contributed by atoms with Crippen molar-refractivity contribution in [2.45, 2.75) is 6.54 Å². The number of rotatable bonds is 4. The topological polar surface area (TPSA) is 29.9 Å². The standard InChI is InChI=1S/C21H17N2O/c1-3-7-17(8-4-1)16-23-13-11-19(12-14-23)21-22-15-20(24-21)18-9-5-2-6-10-18/h1-15H,16H2/q+1. The van der Waals surface area contributed by atoms with Gasteiger partial charge in [-0.1, -0.05) is 60.7 Å². The normalized spacial score (nSPS) is 10.7. The van der Waals surface area contributed by atoms with E-state index in [9.17, 15) is 0 Å². The van der Waals surface area contributed by atoms with E-state index < -0.39 is 0 Å². The van der Waals surface area contributed by atoms with Crippen LogP contribution in [0, 0.1) is 0 Å². The Morgan fingerprint density at radius 1 is 0.750 bits per heavy atom. The van der Waals surface area contributed by atoms with Gasteiger partial charge in [0.15, 0.2) is 24.7 Å². The summed E-state index contributed by atoms with van der Waals surface area (Å²) in [4.78, 5) is 4.40. The van der Waals surface area contributed by atoms with Crippen molar-refractivity contribution >= 4 is 0 Å². The van der Waals surface area contributed by atoms with E-state index in [0.29, 0.717) is 5.89 Å². The molecule has 0 aliphatic heterocycles. The molecule has 0 spiro atoms. The van der Waals surface area contributed by atoms with Gasteiger partial charge in [-0.15, -0.1) is 0 Å². The SMILES string of the molecule is c1ccc(C[n+]2ccc(-c3ncc(-c4ccccc4)o3)cc2)cc1. The molecule has 0 saturated carbocycles. The lowest BCUT2D eigenvalue weighted by molar-refractivity contribution is -0.688. The predicted octanol–water partition coefficient (Wildman–Crippen LogP) is 4.34. The minimum Gasteiger partial charge on any atom is -0.436 e. The van der Waals surface area contributed by atoms with E-state index in [1.807, 2.05) is 48.5 Å². The fourth-order valence-corrected chi connectivity index (χ4v) is 2.64. The molecule has 116 valence electrons. The Morgan fingerprint density at radius 2 is 1.42 bits per heavy atom. The monoisotopic (exact) mass is 313 g/mol. The maximum atomic E-state index is 5.89. The molecule has 0 saturated heterocycles. The molecular weight excluding hydrogens is 296 g/mol. The van der Waals surface area contributed by atoms with Gasteiger partial charge in [0.25, 0.3) is 0 Å². The van der Waals surface area contributed by atoms with Gasteiger partial charge in [0.05, 0.1) is 6.20 Å². The van der Waals surface area contributed by atoms with Gasteiger partial charge in [0.2, 0.25) is 5.89 Å². The zero-order valence-corrected chi connectivity index (χ0v) is 13.2. The lowest BCUT2D eigenvalue weighted by atomic mass is 10.2. The largest absolute Gasteiger partial charge is 0.436 e. The van der Waals surface area contributed by atoms with Gasteiger partial charge in [0.1, 0.15) is 0 Å². The van der Waals surface area contributed by atoms with Crippen molar-refractivity contribution in [2.24, 2.45) is 0 Å². The molecule has 0 atom stereocenters. The highest BCUT2D eigenvalue weighted by Gasteiger charge is 2.10. The number of benzene rings is 2. The van der Waals surface area contributed by atoms with E-state index in [-0.39, 0.29) is 0 Å². The van der Waals surface area contributed by atoms with Crippen molar-refractivity contribution in [2.75, 3.05) is 0 Å². The zero-order valence-electron chi connectivity index (χ0n) is 13.2. The molecular formula is C21H17N2O+. The molecule has 2 aromatic carbocycles. The third-order valence-corrected chi connectivity index (χ3v) is 3.91. The van der Waals surface area contributed by atoms with E-state index in [1.54, 1.807) is 6.20 Å². The molecule has 2 aromatic heterocycles. The van der Waals surface area contributed by atoms with Gasteiger partial charge in [-0.2, -0.15) is 0 Å². The van der Waals surface area contributed by atoms with Gasteiger partial charge in [-0.05, 0) is 0 Å². The van der Waals surface area contributed by atoms with E-state index in [0.717, 1.165) is 23.4 Å². The molecule has 0 radical (unpaired) electrons. The Labute approximate surface area is 140 Å². The highest BCUT2D eigenvalue weighted by atomic mass is 16.4. The molecule has 2 heterocycles. The van der Waals surface area contributed by atoms with Crippen LogP contribution in [0.1, 0.15) is 5.56 Å². The van der Waals surface area contributed by atoms with E-state index in [1.165, 1.54) is 5.56 Å². The van der Waals surface area contributed by atoms with E-state index >= 15 is 0 Å². The van der Waals surface area contributed by atoms with Gasteiger partial charge < -0.3 is 4.42 Å². The van der Waals surface area contributed by atoms with Crippen LogP contribution in [0.3, 0.4) is 0 Å². The molecule has 0 N–H and O–H groups in total. The van der Waals surface area contributed by atoms with E-state index in [2.05, 4.69) is 46.2 Å². The van der Waals surface area contributed by atoms with E-state index in [4.69, 9.17) is 4.42 Å². The van der Waals surface area contributed by atoms with Crippen LogP contribution >= 0.6 is 0 Å². The van der Waals surface area contributed by atoms with Gasteiger partial charge in [-0.25, -0.2) is 9.55 Å². The number of hydrogen-bond acceptors (Lipinski definition) is 2. The third kappa shape index (κ3) is 3.10. The number of aromatic nitrogens is 2.